The molecular weight excluding hydrogens is 244 g/mol. The van der Waals surface area contributed by atoms with Gasteiger partial charge in [0.15, 0.2) is 0 Å². The normalized spacial score (nSPS) is 13.3. The maximum atomic E-state index is 11.0. The molecule has 0 fully saturated rings. The Morgan fingerprint density at radius 2 is 2.26 bits per heavy atom. The standard InChI is InChI=1S/C14H10N2O3/c17-14(18)8-3-5-16-10-1-2-11-9(4-6-19-11)13(10)15-12(16)7-8/h3-7H,1-2H2,(H,17,18). The van der Waals surface area contributed by atoms with Gasteiger partial charge in [-0.2, -0.15) is 0 Å². The Labute approximate surface area is 108 Å². The van der Waals surface area contributed by atoms with E-state index in [2.05, 4.69) is 4.98 Å². The number of imidazole rings is 1. The first-order valence-corrected chi connectivity index (χ1v) is 6.05. The first-order chi connectivity index (χ1) is 9.24. The van der Waals surface area contributed by atoms with Crippen LogP contribution in [0.1, 0.15) is 21.8 Å². The summed E-state index contributed by atoms with van der Waals surface area (Å²) in [4.78, 5) is 15.5. The molecular formula is C14H10N2O3. The number of furan rings is 1. The van der Waals surface area contributed by atoms with Crippen LogP contribution in [-0.4, -0.2) is 20.5 Å². The second kappa shape index (κ2) is 3.47. The highest BCUT2D eigenvalue weighted by Crippen LogP contribution is 2.34. The van der Waals surface area contributed by atoms with Crippen LogP contribution in [-0.2, 0) is 12.8 Å². The van der Waals surface area contributed by atoms with Crippen LogP contribution in [0.25, 0.3) is 16.9 Å². The zero-order valence-corrected chi connectivity index (χ0v) is 9.96. The molecule has 0 aromatic carbocycles. The van der Waals surface area contributed by atoms with Gasteiger partial charge in [0, 0.05) is 18.2 Å². The zero-order valence-electron chi connectivity index (χ0n) is 9.96. The second-order valence-electron chi connectivity index (χ2n) is 4.61. The van der Waals surface area contributed by atoms with Crippen LogP contribution in [0.4, 0.5) is 0 Å². The molecule has 0 saturated carbocycles. The number of hydrogen-bond donors (Lipinski definition) is 1. The van der Waals surface area contributed by atoms with E-state index in [0.29, 0.717) is 5.65 Å². The first kappa shape index (κ1) is 10.4. The molecule has 0 atom stereocenters. The molecule has 19 heavy (non-hydrogen) atoms. The minimum atomic E-state index is -0.938. The van der Waals surface area contributed by atoms with E-state index in [-0.39, 0.29) is 5.56 Å². The largest absolute Gasteiger partial charge is 0.478 e. The Balaban J connectivity index is 2.01. The fourth-order valence-electron chi connectivity index (χ4n) is 2.66. The quantitative estimate of drug-likeness (QED) is 0.724. The van der Waals surface area contributed by atoms with Crippen LogP contribution < -0.4 is 0 Å². The minimum Gasteiger partial charge on any atom is -0.478 e. The van der Waals surface area contributed by atoms with Crippen molar-refractivity contribution in [3.05, 3.63) is 47.7 Å². The Bertz CT molecular complexity index is 813. The number of aromatic nitrogens is 2. The maximum Gasteiger partial charge on any atom is 0.335 e. The lowest BCUT2D eigenvalue weighted by atomic mass is 9.99. The molecule has 4 rings (SSSR count). The Hall–Kier alpha value is -2.56. The molecule has 1 N–H and O–H groups in total. The number of fused-ring (bicyclic) bond motifs is 5. The number of pyridine rings is 1. The molecule has 94 valence electrons. The SMILES string of the molecule is O=C(O)c1ccn2c3c(nc2c1)-c1ccoc1CC3. The first-order valence-electron chi connectivity index (χ1n) is 6.05. The lowest BCUT2D eigenvalue weighted by molar-refractivity contribution is 0.0697. The van der Waals surface area contributed by atoms with Crippen molar-refractivity contribution in [2.45, 2.75) is 12.8 Å². The third kappa shape index (κ3) is 1.35. The number of aromatic carboxylic acids is 1. The number of carbonyl (C=O) groups is 1. The molecule has 0 bridgehead atoms. The van der Waals surface area contributed by atoms with Crippen molar-refractivity contribution < 1.29 is 14.3 Å². The number of aryl methyl sites for hydroxylation is 2. The van der Waals surface area contributed by atoms with Gasteiger partial charge in [0.1, 0.15) is 11.4 Å². The van der Waals surface area contributed by atoms with Gasteiger partial charge in [-0.3, -0.25) is 0 Å². The molecule has 1 aliphatic carbocycles. The van der Waals surface area contributed by atoms with Crippen LogP contribution in [0.15, 0.2) is 35.1 Å². The fourth-order valence-corrected chi connectivity index (χ4v) is 2.66. The monoisotopic (exact) mass is 254 g/mol. The van der Waals surface area contributed by atoms with Crippen LogP contribution in [0.2, 0.25) is 0 Å². The van der Waals surface area contributed by atoms with Crippen LogP contribution in [0.5, 0.6) is 0 Å². The summed E-state index contributed by atoms with van der Waals surface area (Å²) in [6, 6.07) is 5.11. The summed E-state index contributed by atoms with van der Waals surface area (Å²) in [6.07, 6.45) is 5.15. The summed E-state index contributed by atoms with van der Waals surface area (Å²) >= 11 is 0. The van der Waals surface area contributed by atoms with Crippen LogP contribution in [0.3, 0.4) is 0 Å². The average Bonchev–Trinajstić information content (AvgIpc) is 3.01. The van der Waals surface area contributed by atoms with E-state index in [0.717, 1.165) is 35.6 Å². The van der Waals surface area contributed by atoms with Crippen LogP contribution >= 0.6 is 0 Å². The van der Waals surface area contributed by atoms with E-state index in [4.69, 9.17) is 9.52 Å². The van der Waals surface area contributed by atoms with Crippen molar-refractivity contribution in [3.63, 3.8) is 0 Å². The van der Waals surface area contributed by atoms with Gasteiger partial charge in [-0.1, -0.05) is 0 Å². The van der Waals surface area contributed by atoms with Crippen molar-refractivity contribution in [2.75, 3.05) is 0 Å². The van der Waals surface area contributed by atoms with Crippen molar-refractivity contribution >= 4 is 11.6 Å². The Kier molecular flexibility index (Phi) is 1.90. The van der Waals surface area contributed by atoms with Crippen molar-refractivity contribution in [2.24, 2.45) is 0 Å². The fraction of sp³-hybridized carbons (Fsp3) is 0.143. The molecule has 3 heterocycles. The van der Waals surface area contributed by atoms with Crippen molar-refractivity contribution in [1.29, 1.82) is 0 Å². The van der Waals surface area contributed by atoms with Gasteiger partial charge in [-0.15, -0.1) is 0 Å². The number of nitrogens with zero attached hydrogens (tertiary/aromatic N) is 2. The lowest BCUT2D eigenvalue weighted by Crippen LogP contribution is -2.04. The molecule has 1 aliphatic rings. The number of carboxylic acid groups (broad SMARTS) is 1. The molecule has 0 saturated heterocycles. The number of carboxylic acids is 1. The summed E-state index contributed by atoms with van der Waals surface area (Å²) < 4.78 is 7.38. The summed E-state index contributed by atoms with van der Waals surface area (Å²) in [7, 11) is 0. The van der Waals surface area contributed by atoms with Gasteiger partial charge >= 0.3 is 5.97 Å². The van der Waals surface area contributed by atoms with E-state index in [1.165, 1.54) is 0 Å². The predicted molar refractivity (Wildman–Crippen MR) is 67.3 cm³/mol. The van der Waals surface area contributed by atoms with E-state index in [1.807, 2.05) is 10.5 Å². The third-order valence-electron chi connectivity index (χ3n) is 3.56. The van der Waals surface area contributed by atoms with Gasteiger partial charge in [-0.25, -0.2) is 9.78 Å². The molecule has 3 aromatic rings. The van der Waals surface area contributed by atoms with Gasteiger partial charge < -0.3 is 13.9 Å². The maximum absolute atomic E-state index is 11.0. The van der Waals surface area contributed by atoms with Crippen molar-refractivity contribution in [1.82, 2.24) is 9.38 Å². The number of rotatable bonds is 1. The summed E-state index contributed by atoms with van der Waals surface area (Å²) in [5, 5.41) is 9.02. The highest BCUT2D eigenvalue weighted by Gasteiger charge is 2.23. The van der Waals surface area contributed by atoms with Crippen molar-refractivity contribution in [3.8, 4) is 11.3 Å². The van der Waals surface area contributed by atoms with Gasteiger partial charge in [0.05, 0.1) is 23.2 Å². The highest BCUT2D eigenvalue weighted by atomic mass is 16.4. The molecule has 0 spiro atoms. The summed E-state index contributed by atoms with van der Waals surface area (Å²) in [5.74, 6) is 0.0156. The minimum absolute atomic E-state index is 0.252. The van der Waals surface area contributed by atoms with Gasteiger partial charge in [0.25, 0.3) is 0 Å². The van der Waals surface area contributed by atoms with E-state index in [1.54, 1.807) is 24.6 Å². The summed E-state index contributed by atoms with van der Waals surface area (Å²) in [5.41, 5.74) is 3.95. The van der Waals surface area contributed by atoms with Crippen LogP contribution in [0, 0.1) is 0 Å². The molecule has 0 radical (unpaired) electrons. The summed E-state index contributed by atoms with van der Waals surface area (Å²) in [6.45, 7) is 0. The zero-order chi connectivity index (χ0) is 13.0. The highest BCUT2D eigenvalue weighted by molar-refractivity contribution is 5.89. The molecule has 0 amide bonds. The molecule has 0 unspecified atom stereocenters. The van der Waals surface area contributed by atoms with Gasteiger partial charge in [0.2, 0.25) is 0 Å². The van der Waals surface area contributed by atoms with Gasteiger partial charge in [-0.05, 0) is 24.6 Å². The smallest absolute Gasteiger partial charge is 0.335 e. The Morgan fingerprint density at radius 1 is 1.37 bits per heavy atom. The molecule has 5 nitrogen and oxygen atoms in total. The van der Waals surface area contributed by atoms with E-state index in [9.17, 15) is 4.79 Å². The lowest BCUT2D eigenvalue weighted by Gasteiger charge is -2.10. The predicted octanol–water partition coefficient (Wildman–Crippen LogP) is 2.39. The van der Waals surface area contributed by atoms with E-state index >= 15 is 0 Å². The third-order valence-corrected chi connectivity index (χ3v) is 3.56. The topological polar surface area (TPSA) is 67.7 Å². The van der Waals surface area contributed by atoms with E-state index < -0.39 is 5.97 Å². The molecule has 5 heteroatoms. The second-order valence-corrected chi connectivity index (χ2v) is 4.61. The molecule has 3 aromatic heterocycles. The Morgan fingerprint density at radius 3 is 3.11 bits per heavy atom. The average molecular weight is 254 g/mol. The number of hydrogen-bond acceptors (Lipinski definition) is 3. The molecule has 0 aliphatic heterocycles.